The first-order valence-electron chi connectivity index (χ1n) is 7.86. The molecule has 1 aromatic carbocycles. The van der Waals surface area contributed by atoms with Crippen LogP contribution in [0.15, 0.2) is 53.6 Å². The van der Waals surface area contributed by atoms with Crippen molar-refractivity contribution in [3.63, 3.8) is 0 Å². The standard InChI is InChI=1S/C19H21N3O.CH4/c1-19(2,3)17-15-6-4-5-7-16(15)22(18(23)21-17)13-10-14-8-11-20-12-9-14;/h4-9,11-12H,10,13H2,1-3H3;1H4. The van der Waals surface area contributed by atoms with Gasteiger partial charge in [0.1, 0.15) is 0 Å². The molecule has 0 radical (unpaired) electrons. The van der Waals surface area contributed by atoms with Crippen LogP contribution in [0, 0.1) is 0 Å². The molecule has 4 heteroatoms. The van der Waals surface area contributed by atoms with Gasteiger partial charge in [-0.05, 0) is 30.2 Å². The van der Waals surface area contributed by atoms with E-state index in [4.69, 9.17) is 0 Å². The molecule has 2 aromatic heterocycles. The Morgan fingerprint density at radius 1 is 1.04 bits per heavy atom. The maximum atomic E-state index is 12.6. The summed E-state index contributed by atoms with van der Waals surface area (Å²) < 4.78 is 1.77. The zero-order valence-corrected chi connectivity index (χ0v) is 13.8. The number of hydrogen-bond donors (Lipinski definition) is 0. The van der Waals surface area contributed by atoms with E-state index in [0.29, 0.717) is 6.54 Å². The molecule has 3 aromatic rings. The first kappa shape index (κ1) is 17.9. The predicted octanol–water partition coefficient (Wildman–Crippen LogP) is 3.97. The molecule has 126 valence electrons. The highest BCUT2D eigenvalue weighted by atomic mass is 16.1. The van der Waals surface area contributed by atoms with Crippen molar-refractivity contribution in [1.82, 2.24) is 14.5 Å². The monoisotopic (exact) mass is 323 g/mol. The summed E-state index contributed by atoms with van der Waals surface area (Å²) >= 11 is 0. The highest BCUT2D eigenvalue weighted by molar-refractivity contribution is 5.82. The molecule has 0 saturated carbocycles. The molecule has 3 rings (SSSR count). The van der Waals surface area contributed by atoms with Crippen molar-refractivity contribution < 1.29 is 0 Å². The van der Waals surface area contributed by atoms with Gasteiger partial charge in [-0.25, -0.2) is 4.79 Å². The third-order valence-electron chi connectivity index (χ3n) is 3.97. The van der Waals surface area contributed by atoms with Crippen molar-refractivity contribution >= 4 is 10.9 Å². The molecule has 0 bridgehead atoms. The van der Waals surface area contributed by atoms with Gasteiger partial charge in [-0.1, -0.05) is 46.4 Å². The van der Waals surface area contributed by atoms with Crippen LogP contribution in [0.2, 0.25) is 0 Å². The molecule has 0 aliphatic carbocycles. The zero-order chi connectivity index (χ0) is 16.4. The Hall–Kier alpha value is -2.49. The molecule has 0 aliphatic heterocycles. The van der Waals surface area contributed by atoms with Crippen LogP contribution in [0.25, 0.3) is 10.9 Å². The lowest BCUT2D eigenvalue weighted by Gasteiger charge is -2.21. The van der Waals surface area contributed by atoms with E-state index in [2.05, 4.69) is 30.7 Å². The number of aromatic nitrogens is 3. The van der Waals surface area contributed by atoms with E-state index in [-0.39, 0.29) is 18.5 Å². The van der Waals surface area contributed by atoms with Crippen LogP contribution in [0.4, 0.5) is 0 Å². The lowest BCUT2D eigenvalue weighted by atomic mass is 9.89. The molecule has 24 heavy (non-hydrogen) atoms. The second-order valence-corrected chi connectivity index (χ2v) is 6.77. The van der Waals surface area contributed by atoms with Gasteiger partial charge in [0.05, 0.1) is 11.2 Å². The molecule has 0 saturated heterocycles. The summed E-state index contributed by atoms with van der Waals surface area (Å²) in [5.74, 6) is 0. The van der Waals surface area contributed by atoms with Crippen LogP contribution in [0.5, 0.6) is 0 Å². The first-order chi connectivity index (χ1) is 11.0. The number of rotatable bonds is 3. The normalized spacial score (nSPS) is 11.3. The van der Waals surface area contributed by atoms with Gasteiger partial charge in [0.25, 0.3) is 0 Å². The van der Waals surface area contributed by atoms with Crippen molar-refractivity contribution in [3.05, 3.63) is 70.5 Å². The smallest absolute Gasteiger partial charge is 0.292 e. The van der Waals surface area contributed by atoms with Crippen molar-refractivity contribution in [3.8, 4) is 0 Å². The number of benzene rings is 1. The van der Waals surface area contributed by atoms with Crippen molar-refractivity contribution in [2.45, 2.75) is 46.6 Å². The summed E-state index contributed by atoms with van der Waals surface area (Å²) in [5.41, 5.74) is 2.63. The first-order valence-corrected chi connectivity index (χ1v) is 7.86. The molecular weight excluding hydrogens is 298 g/mol. The van der Waals surface area contributed by atoms with E-state index in [1.165, 1.54) is 0 Å². The molecular formula is C20H25N3O. The van der Waals surface area contributed by atoms with Crippen molar-refractivity contribution in [1.29, 1.82) is 0 Å². The van der Waals surface area contributed by atoms with Crippen LogP contribution in [0.3, 0.4) is 0 Å². The molecule has 0 aliphatic rings. The Morgan fingerprint density at radius 3 is 2.38 bits per heavy atom. The van der Waals surface area contributed by atoms with Gasteiger partial charge in [0.2, 0.25) is 0 Å². The highest BCUT2D eigenvalue weighted by Gasteiger charge is 2.21. The SMILES string of the molecule is C.CC(C)(C)c1nc(=O)n(CCc2ccncc2)c2ccccc12. The van der Waals surface area contributed by atoms with E-state index in [9.17, 15) is 4.79 Å². The third-order valence-corrected chi connectivity index (χ3v) is 3.97. The predicted molar refractivity (Wildman–Crippen MR) is 99.4 cm³/mol. The zero-order valence-electron chi connectivity index (χ0n) is 13.8. The van der Waals surface area contributed by atoms with Gasteiger partial charge in [-0.15, -0.1) is 0 Å². The van der Waals surface area contributed by atoms with E-state index in [1.54, 1.807) is 17.0 Å². The Morgan fingerprint density at radius 2 is 1.71 bits per heavy atom. The van der Waals surface area contributed by atoms with E-state index >= 15 is 0 Å². The van der Waals surface area contributed by atoms with Gasteiger partial charge in [0, 0.05) is 29.7 Å². The quantitative estimate of drug-likeness (QED) is 0.733. The summed E-state index contributed by atoms with van der Waals surface area (Å²) in [7, 11) is 0. The fourth-order valence-corrected chi connectivity index (χ4v) is 2.81. The van der Waals surface area contributed by atoms with Gasteiger partial charge in [-0.3, -0.25) is 9.55 Å². The fraction of sp³-hybridized carbons (Fsp3) is 0.350. The molecule has 0 unspecified atom stereocenters. The Kier molecular flexibility index (Phi) is 5.17. The van der Waals surface area contributed by atoms with Crippen molar-refractivity contribution in [2.75, 3.05) is 0 Å². The summed E-state index contributed by atoms with van der Waals surface area (Å²) in [4.78, 5) is 21.0. The fourth-order valence-electron chi connectivity index (χ4n) is 2.81. The average molecular weight is 323 g/mol. The minimum atomic E-state index is -0.178. The number of para-hydroxylation sites is 1. The van der Waals surface area contributed by atoms with Crippen LogP contribution in [0.1, 0.15) is 39.5 Å². The summed E-state index contributed by atoms with van der Waals surface area (Å²) in [6.07, 6.45) is 4.33. The Balaban J connectivity index is 0.00000208. The maximum absolute atomic E-state index is 12.6. The lowest BCUT2D eigenvalue weighted by Crippen LogP contribution is -2.29. The molecule has 0 amide bonds. The Bertz CT molecular complexity index is 877. The van der Waals surface area contributed by atoms with Crippen LogP contribution in [-0.2, 0) is 18.4 Å². The van der Waals surface area contributed by atoms with Gasteiger partial charge < -0.3 is 0 Å². The average Bonchev–Trinajstić information content (AvgIpc) is 2.53. The highest BCUT2D eigenvalue weighted by Crippen LogP contribution is 2.26. The van der Waals surface area contributed by atoms with Gasteiger partial charge in [0.15, 0.2) is 0 Å². The van der Waals surface area contributed by atoms with Crippen LogP contribution >= 0.6 is 0 Å². The molecule has 0 fully saturated rings. The lowest BCUT2D eigenvalue weighted by molar-refractivity contribution is 0.561. The minimum absolute atomic E-state index is 0. The Labute approximate surface area is 143 Å². The maximum Gasteiger partial charge on any atom is 0.348 e. The van der Waals surface area contributed by atoms with Crippen molar-refractivity contribution in [2.24, 2.45) is 0 Å². The summed E-state index contributed by atoms with van der Waals surface area (Å²) in [6, 6.07) is 12.0. The van der Waals surface area contributed by atoms with E-state index in [0.717, 1.165) is 28.6 Å². The third kappa shape index (κ3) is 3.53. The summed E-state index contributed by atoms with van der Waals surface area (Å²) in [5, 5.41) is 1.05. The number of pyridine rings is 1. The second-order valence-electron chi connectivity index (χ2n) is 6.77. The van der Waals surface area contributed by atoms with E-state index < -0.39 is 0 Å². The topological polar surface area (TPSA) is 47.8 Å². The van der Waals surface area contributed by atoms with Gasteiger partial charge in [-0.2, -0.15) is 4.98 Å². The van der Waals surface area contributed by atoms with Crippen LogP contribution < -0.4 is 5.69 Å². The molecule has 0 N–H and O–H groups in total. The summed E-state index contributed by atoms with van der Waals surface area (Å²) in [6.45, 7) is 6.87. The second kappa shape index (κ2) is 6.95. The van der Waals surface area contributed by atoms with Crippen LogP contribution in [-0.4, -0.2) is 14.5 Å². The molecule has 2 heterocycles. The molecule has 0 atom stereocenters. The molecule has 4 nitrogen and oxygen atoms in total. The molecule has 0 spiro atoms. The number of fused-ring (bicyclic) bond motifs is 1. The number of nitrogens with zero attached hydrogens (tertiary/aromatic N) is 3. The van der Waals surface area contributed by atoms with Gasteiger partial charge >= 0.3 is 5.69 Å². The minimum Gasteiger partial charge on any atom is -0.292 e. The number of aryl methyl sites for hydroxylation is 2. The number of hydrogen-bond acceptors (Lipinski definition) is 3. The van der Waals surface area contributed by atoms with E-state index in [1.807, 2.05) is 36.4 Å². The largest absolute Gasteiger partial charge is 0.348 e.